The Morgan fingerprint density at radius 1 is 0.684 bits per heavy atom. The van der Waals surface area contributed by atoms with Crippen LogP contribution < -0.4 is 0 Å². The standard InChI is InChI=1S/C16H12O3/c17-9-11-1-5-13(6-2-11)15-16(19-15)14-7-3-12(10-18)4-8-14/h1-10,15-16H/t15-,16-/m0/s1. The lowest BCUT2D eigenvalue weighted by atomic mass is 10.0. The first-order chi connectivity index (χ1) is 9.31. The molecule has 19 heavy (non-hydrogen) atoms. The Hall–Kier alpha value is -2.26. The number of carbonyl (C=O) groups excluding carboxylic acids is 2. The van der Waals surface area contributed by atoms with Crippen molar-refractivity contribution < 1.29 is 14.3 Å². The van der Waals surface area contributed by atoms with Crippen LogP contribution >= 0.6 is 0 Å². The van der Waals surface area contributed by atoms with Gasteiger partial charge in [0.2, 0.25) is 0 Å². The second-order valence-electron chi connectivity index (χ2n) is 4.55. The van der Waals surface area contributed by atoms with E-state index in [1.807, 2.05) is 24.3 Å². The molecule has 3 rings (SSSR count). The minimum atomic E-state index is 0.0442. The van der Waals surface area contributed by atoms with E-state index in [9.17, 15) is 9.59 Å². The lowest BCUT2D eigenvalue weighted by Gasteiger charge is -1.98. The van der Waals surface area contributed by atoms with Crippen LogP contribution in [0.4, 0.5) is 0 Å². The maximum absolute atomic E-state index is 10.6. The molecule has 0 N–H and O–H groups in total. The van der Waals surface area contributed by atoms with Crippen LogP contribution in [0, 0.1) is 0 Å². The van der Waals surface area contributed by atoms with Crippen LogP contribution in [0.2, 0.25) is 0 Å². The van der Waals surface area contributed by atoms with E-state index in [-0.39, 0.29) is 12.2 Å². The number of rotatable bonds is 4. The molecule has 0 bridgehead atoms. The van der Waals surface area contributed by atoms with Crippen molar-refractivity contribution in [2.45, 2.75) is 12.2 Å². The first-order valence-corrected chi connectivity index (χ1v) is 6.07. The summed E-state index contributed by atoms with van der Waals surface area (Å²) in [4.78, 5) is 21.2. The number of epoxide rings is 1. The average Bonchev–Trinajstić information content (AvgIpc) is 3.28. The highest BCUT2D eigenvalue weighted by Crippen LogP contribution is 2.50. The Labute approximate surface area is 110 Å². The summed E-state index contributed by atoms with van der Waals surface area (Å²) in [6.45, 7) is 0. The highest BCUT2D eigenvalue weighted by Gasteiger charge is 2.41. The summed E-state index contributed by atoms with van der Waals surface area (Å²) < 4.78 is 5.66. The molecule has 2 aromatic rings. The van der Waals surface area contributed by atoms with Gasteiger partial charge in [-0.15, -0.1) is 0 Å². The van der Waals surface area contributed by atoms with Gasteiger partial charge < -0.3 is 4.74 Å². The number of hydrogen-bond donors (Lipinski definition) is 0. The highest BCUT2D eigenvalue weighted by atomic mass is 16.6. The summed E-state index contributed by atoms with van der Waals surface area (Å²) in [5, 5.41) is 0. The van der Waals surface area contributed by atoms with Gasteiger partial charge in [-0.3, -0.25) is 9.59 Å². The number of aldehydes is 2. The van der Waals surface area contributed by atoms with Crippen LogP contribution in [0.15, 0.2) is 48.5 Å². The van der Waals surface area contributed by atoms with Crippen LogP contribution in [0.5, 0.6) is 0 Å². The predicted octanol–water partition coefficient (Wildman–Crippen LogP) is 3.12. The quantitative estimate of drug-likeness (QED) is 0.620. The second kappa shape index (κ2) is 4.78. The fraction of sp³-hybridized carbons (Fsp3) is 0.125. The molecule has 1 saturated heterocycles. The molecule has 0 aromatic heterocycles. The van der Waals surface area contributed by atoms with Crippen molar-refractivity contribution in [3.63, 3.8) is 0 Å². The van der Waals surface area contributed by atoms with Crippen LogP contribution in [0.3, 0.4) is 0 Å². The first kappa shape index (κ1) is 11.8. The van der Waals surface area contributed by atoms with Gasteiger partial charge in [0.05, 0.1) is 0 Å². The van der Waals surface area contributed by atoms with Gasteiger partial charge in [-0.2, -0.15) is 0 Å². The average molecular weight is 252 g/mol. The molecule has 0 amide bonds. The molecular weight excluding hydrogens is 240 g/mol. The van der Waals surface area contributed by atoms with Gasteiger partial charge >= 0.3 is 0 Å². The van der Waals surface area contributed by atoms with Crippen molar-refractivity contribution in [1.82, 2.24) is 0 Å². The molecule has 2 aromatic carbocycles. The van der Waals surface area contributed by atoms with Gasteiger partial charge in [0.25, 0.3) is 0 Å². The predicted molar refractivity (Wildman–Crippen MR) is 70.2 cm³/mol. The Bertz CT molecular complexity index is 543. The highest BCUT2D eigenvalue weighted by molar-refractivity contribution is 5.75. The van der Waals surface area contributed by atoms with Crippen molar-refractivity contribution in [2.24, 2.45) is 0 Å². The molecule has 1 fully saturated rings. The zero-order chi connectivity index (χ0) is 13.2. The lowest BCUT2D eigenvalue weighted by molar-refractivity contribution is 0.111. The SMILES string of the molecule is O=Cc1ccc([C@@H]2O[C@H]2c2ccc(C=O)cc2)cc1. The number of carbonyl (C=O) groups is 2. The molecule has 0 spiro atoms. The molecule has 3 heteroatoms. The maximum Gasteiger partial charge on any atom is 0.150 e. The van der Waals surface area contributed by atoms with Crippen LogP contribution in [0.1, 0.15) is 44.1 Å². The summed E-state index contributed by atoms with van der Waals surface area (Å²) >= 11 is 0. The van der Waals surface area contributed by atoms with Crippen LogP contribution in [0.25, 0.3) is 0 Å². The van der Waals surface area contributed by atoms with E-state index in [0.29, 0.717) is 11.1 Å². The van der Waals surface area contributed by atoms with E-state index < -0.39 is 0 Å². The van der Waals surface area contributed by atoms with Gasteiger partial charge in [0, 0.05) is 11.1 Å². The van der Waals surface area contributed by atoms with Crippen LogP contribution in [-0.4, -0.2) is 12.6 Å². The second-order valence-corrected chi connectivity index (χ2v) is 4.55. The van der Waals surface area contributed by atoms with Gasteiger partial charge in [-0.05, 0) is 11.1 Å². The number of benzene rings is 2. The minimum Gasteiger partial charge on any atom is -0.359 e. The van der Waals surface area contributed by atoms with Gasteiger partial charge in [-0.25, -0.2) is 0 Å². The molecular formula is C16H12O3. The Kier molecular flexibility index (Phi) is 2.97. The molecule has 1 aliphatic heterocycles. The summed E-state index contributed by atoms with van der Waals surface area (Å²) in [5.41, 5.74) is 3.46. The topological polar surface area (TPSA) is 46.7 Å². The van der Waals surface area contributed by atoms with Crippen LogP contribution in [-0.2, 0) is 4.74 Å². The first-order valence-electron chi connectivity index (χ1n) is 6.07. The molecule has 2 atom stereocenters. The van der Waals surface area contributed by atoms with Gasteiger partial charge in [0.15, 0.2) is 0 Å². The van der Waals surface area contributed by atoms with Crippen molar-refractivity contribution in [2.75, 3.05) is 0 Å². The molecule has 0 aliphatic carbocycles. The molecule has 0 unspecified atom stereocenters. The molecule has 0 radical (unpaired) electrons. The Morgan fingerprint density at radius 3 is 1.37 bits per heavy atom. The van der Waals surface area contributed by atoms with E-state index in [4.69, 9.17) is 4.74 Å². The zero-order valence-corrected chi connectivity index (χ0v) is 10.2. The Balaban J connectivity index is 1.75. The molecule has 1 heterocycles. The third-order valence-corrected chi connectivity index (χ3v) is 3.29. The number of ether oxygens (including phenoxy) is 1. The molecule has 3 nitrogen and oxygen atoms in total. The van der Waals surface area contributed by atoms with E-state index >= 15 is 0 Å². The largest absolute Gasteiger partial charge is 0.359 e. The summed E-state index contributed by atoms with van der Waals surface area (Å²) in [6.07, 6.45) is 1.74. The molecule has 94 valence electrons. The fourth-order valence-electron chi connectivity index (χ4n) is 2.15. The van der Waals surface area contributed by atoms with Crippen molar-refractivity contribution in [3.8, 4) is 0 Å². The molecule has 1 aliphatic rings. The minimum absolute atomic E-state index is 0.0442. The number of hydrogen-bond acceptors (Lipinski definition) is 3. The Morgan fingerprint density at radius 2 is 1.05 bits per heavy atom. The van der Waals surface area contributed by atoms with Crippen molar-refractivity contribution in [3.05, 3.63) is 70.8 Å². The third kappa shape index (κ3) is 2.33. The van der Waals surface area contributed by atoms with E-state index in [0.717, 1.165) is 23.7 Å². The fourth-order valence-corrected chi connectivity index (χ4v) is 2.15. The normalized spacial score (nSPS) is 20.8. The smallest absolute Gasteiger partial charge is 0.150 e. The third-order valence-electron chi connectivity index (χ3n) is 3.29. The van der Waals surface area contributed by atoms with Crippen molar-refractivity contribution >= 4 is 12.6 Å². The summed E-state index contributed by atoms with van der Waals surface area (Å²) in [6, 6.07) is 14.8. The van der Waals surface area contributed by atoms with E-state index in [1.165, 1.54) is 0 Å². The maximum atomic E-state index is 10.6. The zero-order valence-electron chi connectivity index (χ0n) is 10.2. The summed E-state index contributed by atoms with van der Waals surface area (Å²) in [7, 11) is 0. The monoisotopic (exact) mass is 252 g/mol. The van der Waals surface area contributed by atoms with Crippen molar-refractivity contribution in [1.29, 1.82) is 0 Å². The van der Waals surface area contributed by atoms with Gasteiger partial charge in [0.1, 0.15) is 24.8 Å². The van der Waals surface area contributed by atoms with E-state index in [2.05, 4.69) is 0 Å². The lowest BCUT2D eigenvalue weighted by Crippen LogP contribution is -1.87. The van der Waals surface area contributed by atoms with Gasteiger partial charge in [-0.1, -0.05) is 48.5 Å². The molecule has 0 saturated carbocycles. The summed E-state index contributed by atoms with van der Waals surface area (Å²) in [5.74, 6) is 0. The van der Waals surface area contributed by atoms with E-state index in [1.54, 1.807) is 24.3 Å².